The van der Waals surface area contributed by atoms with Crippen LogP contribution in [0.2, 0.25) is 0 Å². The third kappa shape index (κ3) is 6.47. The molecule has 1 atom stereocenters. The van der Waals surface area contributed by atoms with Gasteiger partial charge in [-0.1, -0.05) is 0 Å². The van der Waals surface area contributed by atoms with Crippen LogP contribution in [0.25, 0.3) is 11.3 Å². The Labute approximate surface area is 231 Å². The van der Waals surface area contributed by atoms with Crippen molar-refractivity contribution in [2.75, 3.05) is 27.4 Å². The van der Waals surface area contributed by atoms with Gasteiger partial charge in [-0.3, -0.25) is 9.48 Å². The van der Waals surface area contributed by atoms with Crippen LogP contribution in [0.1, 0.15) is 34.5 Å². The normalized spacial score (nSPS) is 12.6. The largest absolute Gasteiger partial charge is 0.494 e. The zero-order chi connectivity index (χ0) is 28.7. The number of carbonyl (C=O) groups is 1. The highest BCUT2D eigenvalue weighted by atomic mass is 19.1. The number of aliphatic hydroxyl groups excluding tert-OH is 1. The van der Waals surface area contributed by atoms with Crippen molar-refractivity contribution in [2.24, 2.45) is 0 Å². The molecule has 1 unspecified atom stereocenters. The van der Waals surface area contributed by atoms with E-state index in [0.29, 0.717) is 45.3 Å². The fourth-order valence-electron chi connectivity index (χ4n) is 4.40. The van der Waals surface area contributed by atoms with E-state index in [2.05, 4.69) is 5.10 Å². The summed E-state index contributed by atoms with van der Waals surface area (Å²) in [6, 6.07) is 14.5. The number of rotatable bonds is 13. The molecule has 0 saturated heterocycles. The van der Waals surface area contributed by atoms with Crippen molar-refractivity contribution in [2.45, 2.75) is 31.9 Å². The number of ketones is 1. The number of carbonyl (C=O) groups excluding carboxylic acids is 1. The molecule has 2 heterocycles. The van der Waals surface area contributed by atoms with Gasteiger partial charge in [-0.25, -0.2) is 9.37 Å². The van der Waals surface area contributed by atoms with Crippen LogP contribution in [-0.4, -0.2) is 58.2 Å². The number of aryl methyl sites for hydroxylation is 1. The molecular formula is C30H32FN3O6. The van der Waals surface area contributed by atoms with Gasteiger partial charge >= 0.3 is 0 Å². The third-order valence-corrected chi connectivity index (χ3v) is 6.57. The maximum atomic E-state index is 14.0. The van der Waals surface area contributed by atoms with Crippen LogP contribution < -0.4 is 14.2 Å². The number of aliphatic hydroxyl groups is 2. The summed E-state index contributed by atoms with van der Waals surface area (Å²) < 4.78 is 31.8. The lowest BCUT2D eigenvalue weighted by molar-refractivity contribution is 0.00113. The Morgan fingerprint density at radius 2 is 1.82 bits per heavy atom. The molecule has 0 spiro atoms. The molecule has 0 amide bonds. The molecule has 0 radical (unpaired) electrons. The van der Waals surface area contributed by atoms with E-state index < -0.39 is 5.60 Å². The van der Waals surface area contributed by atoms with E-state index in [1.54, 1.807) is 72.5 Å². The first-order valence-electron chi connectivity index (χ1n) is 12.7. The smallest absolute Gasteiger partial charge is 0.163 e. The van der Waals surface area contributed by atoms with E-state index in [9.17, 15) is 14.3 Å². The molecule has 40 heavy (non-hydrogen) atoms. The number of hydrogen-bond donors (Lipinski definition) is 2. The van der Waals surface area contributed by atoms with E-state index in [-0.39, 0.29) is 44.2 Å². The lowest BCUT2D eigenvalue weighted by Crippen LogP contribution is -2.33. The van der Waals surface area contributed by atoms with E-state index in [1.807, 2.05) is 0 Å². The molecule has 4 aromatic rings. The van der Waals surface area contributed by atoms with Crippen LogP contribution in [0, 0.1) is 12.7 Å². The average molecular weight is 550 g/mol. The number of aromatic nitrogens is 3. The fourth-order valence-corrected chi connectivity index (χ4v) is 4.40. The molecule has 0 fully saturated rings. The van der Waals surface area contributed by atoms with E-state index in [0.717, 1.165) is 0 Å². The van der Waals surface area contributed by atoms with Gasteiger partial charge in [-0.2, -0.15) is 5.10 Å². The van der Waals surface area contributed by atoms with Crippen LogP contribution in [0.15, 0.2) is 67.0 Å². The summed E-state index contributed by atoms with van der Waals surface area (Å²) in [6.45, 7) is 1.65. The number of pyridine rings is 1. The Hall–Kier alpha value is -4.28. The maximum Gasteiger partial charge on any atom is 0.163 e. The molecule has 10 heteroatoms. The second kappa shape index (κ2) is 12.7. The molecule has 0 aliphatic heterocycles. The van der Waals surface area contributed by atoms with Crippen LogP contribution in [0.3, 0.4) is 0 Å². The van der Waals surface area contributed by atoms with Crippen molar-refractivity contribution in [1.82, 2.24) is 14.8 Å². The van der Waals surface area contributed by atoms with Crippen molar-refractivity contribution < 1.29 is 33.6 Å². The van der Waals surface area contributed by atoms with Crippen LogP contribution in [-0.2, 0) is 12.1 Å². The van der Waals surface area contributed by atoms with Gasteiger partial charge < -0.3 is 24.4 Å². The Bertz CT molecular complexity index is 1460. The zero-order valence-electron chi connectivity index (χ0n) is 22.6. The summed E-state index contributed by atoms with van der Waals surface area (Å²) in [4.78, 5) is 18.0. The number of halogens is 1. The molecule has 0 saturated carbocycles. The van der Waals surface area contributed by atoms with Crippen molar-refractivity contribution >= 4 is 5.78 Å². The molecule has 0 bridgehead atoms. The Morgan fingerprint density at radius 3 is 2.50 bits per heavy atom. The van der Waals surface area contributed by atoms with E-state index in [4.69, 9.17) is 24.3 Å². The highest BCUT2D eigenvalue weighted by molar-refractivity contribution is 5.96. The van der Waals surface area contributed by atoms with Gasteiger partial charge in [-0.15, -0.1) is 0 Å². The standard InChI is InChI=1S/C30H32FN3O6/c1-20-17-22(5-7-23(20)31)29-26(38-2)9-10-28(33-29)30(37,19-34-14-4-13-32-34)12-11-24(36)21-6-8-25(40-16-15-35)27(18-21)39-3/h4-10,13-14,17-18,35,37H,11-12,15-16,19H2,1-3H3. The Balaban J connectivity index is 1.65. The minimum Gasteiger partial charge on any atom is -0.494 e. The monoisotopic (exact) mass is 549 g/mol. The van der Waals surface area contributed by atoms with Gasteiger partial charge in [0.05, 0.1) is 33.1 Å². The van der Waals surface area contributed by atoms with E-state index in [1.165, 1.54) is 20.3 Å². The zero-order valence-corrected chi connectivity index (χ0v) is 22.6. The molecule has 2 N–H and O–H groups in total. The minimum atomic E-state index is -1.58. The quantitative estimate of drug-likeness (QED) is 0.237. The van der Waals surface area contributed by atoms with Crippen molar-refractivity contribution in [3.05, 3.63) is 89.6 Å². The predicted molar refractivity (Wildman–Crippen MR) is 146 cm³/mol. The average Bonchev–Trinajstić information content (AvgIpc) is 3.48. The highest BCUT2D eigenvalue weighted by Gasteiger charge is 2.34. The summed E-state index contributed by atoms with van der Waals surface area (Å²) in [5.41, 5.74) is 0.653. The summed E-state index contributed by atoms with van der Waals surface area (Å²) >= 11 is 0. The molecule has 4 rings (SSSR count). The van der Waals surface area contributed by atoms with E-state index >= 15 is 0 Å². The molecule has 0 aliphatic rings. The van der Waals surface area contributed by atoms with Gasteiger partial charge in [0.15, 0.2) is 17.3 Å². The Kier molecular flexibility index (Phi) is 9.13. The second-order valence-electron chi connectivity index (χ2n) is 9.31. The number of nitrogens with zero attached hydrogens (tertiary/aromatic N) is 3. The van der Waals surface area contributed by atoms with Gasteiger partial charge in [0.2, 0.25) is 0 Å². The number of benzene rings is 2. The fraction of sp³-hybridized carbons (Fsp3) is 0.300. The number of hydrogen-bond acceptors (Lipinski definition) is 8. The summed E-state index contributed by atoms with van der Waals surface area (Å²) in [7, 11) is 2.98. The number of Topliss-reactive ketones (excluding diaryl/α,β-unsaturated/α-hetero) is 1. The van der Waals surface area contributed by atoms with Gasteiger partial charge in [0.1, 0.15) is 29.5 Å². The topological polar surface area (TPSA) is 116 Å². The predicted octanol–water partition coefficient (Wildman–Crippen LogP) is 4.33. The van der Waals surface area contributed by atoms with Crippen molar-refractivity contribution in [3.63, 3.8) is 0 Å². The van der Waals surface area contributed by atoms with Gasteiger partial charge in [0, 0.05) is 29.9 Å². The van der Waals surface area contributed by atoms with Crippen LogP contribution in [0.5, 0.6) is 17.2 Å². The third-order valence-electron chi connectivity index (χ3n) is 6.57. The minimum absolute atomic E-state index is 0.00351. The molecule has 2 aromatic carbocycles. The SMILES string of the molecule is COc1cc(C(=O)CCC(O)(Cn2cccn2)c2ccc(OC)c(-c3ccc(F)c(C)c3)n2)ccc1OCCO. The lowest BCUT2D eigenvalue weighted by Gasteiger charge is -2.28. The summed E-state index contributed by atoms with van der Waals surface area (Å²) in [5, 5.41) is 25.2. The maximum absolute atomic E-state index is 14.0. The first-order chi connectivity index (χ1) is 19.3. The van der Waals surface area contributed by atoms with Gasteiger partial charge in [-0.05, 0) is 73.5 Å². The van der Waals surface area contributed by atoms with Crippen molar-refractivity contribution in [3.8, 4) is 28.5 Å². The second-order valence-corrected chi connectivity index (χ2v) is 9.31. The molecule has 0 aliphatic carbocycles. The molecule has 2 aromatic heterocycles. The summed E-state index contributed by atoms with van der Waals surface area (Å²) in [5.74, 6) is 0.685. The summed E-state index contributed by atoms with van der Waals surface area (Å²) in [6.07, 6.45) is 3.36. The Morgan fingerprint density at radius 1 is 1.05 bits per heavy atom. The number of methoxy groups -OCH3 is 2. The van der Waals surface area contributed by atoms with Crippen LogP contribution in [0.4, 0.5) is 4.39 Å². The molecule has 9 nitrogen and oxygen atoms in total. The first-order valence-corrected chi connectivity index (χ1v) is 12.7. The molecular weight excluding hydrogens is 517 g/mol. The lowest BCUT2D eigenvalue weighted by atomic mass is 9.90. The highest BCUT2D eigenvalue weighted by Crippen LogP contribution is 2.35. The van der Waals surface area contributed by atoms with Crippen molar-refractivity contribution in [1.29, 1.82) is 0 Å². The first kappa shape index (κ1) is 28.7. The molecule has 210 valence electrons. The number of ether oxygens (including phenoxy) is 3. The van der Waals surface area contributed by atoms with Gasteiger partial charge in [0.25, 0.3) is 0 Å². The van der Waals surface area contributed by atoms with Crippen LogP contribution >= 0.6 is 0 Å².